The van der Waals surface area contributed by atoms with Crippen LogP contribution in [0.15, 0.2) is 144 Å². The number of aryl methyl sites for hydroxylation is 1. The number of hydrogen-bond acceptors (Lipinski definition) is 2. The lowest BCUT2D eigenvalue weighted by Gasteiger charge is -2.20. The van der Waals surface area contributed by atoms with E-state index in [4.69, 9.17) is 9.40 Å². The topological polar surface area (TPSA) is 26.0 Å². The first-order valence-electron chi connectivity index (χ1n) is 15.2. The minimum atomic E-state index is -0.113. The van der Waals surface area contributed by atoms with Crippen LogP contribution in [0.1, 0.15) is 31.9 Å². The Labute approximate surface area is 259 Å². The van der Waals surface area contributed by atoms with Crippen molar-refractivity contribution in [2.75, 3.05) is 0 Å². The van der Waals surface area contributed by atoms with E-state index < -0.39 is 0 Å². The van der Waals surface area contributed by atoms with Gasteiger partial charge in [-0.05, 0) is 76.1 Å². The van der Waals surface area contributed by atoms with E-state index in [1.807, 2.05) is 18.3 Å². The van der Waals surface area contributed by atoms with Crippen LogP contribution in [0.2, 0.25) is 0 Å². The Kier molecular flexibility index (Phi) is 6.98. The second kappa shape index (κ2) is 11.1. The van der Waals surface area contributed by atoms with Crippen molar-refractivity contribution in [3.63, 3.8) is 0 Å². The molecule has 214 valence electrons. The summed E-state index contributed by atoms with van der Waals surface area (Å²) in [7, 11) is 0. The van der Waals surface area contributed by atoms with Gasteiger partial charge < -0.3 is 4.42 Å². The van der Waals surface area contributed by atoms with Crippen LogP contribution in [-0.4, -0.2) is 4.98 Å². The number of fused-ring (bicyclic) bond motifs is 1. The van der Waals surface area contributed by atoms with Gasteiger partial charge in [0.15, 0.2) is 0 Å². The monoisotopic (exact) mass is 569 g/mol. The number of hydrogen-bond donors (Lipinski definition) is 0. The van der Waals surface area contributed by atoms with Crippen LogP contribution >= 0.6 is 0 Å². The Morgan fingerprint density at radius 3 is 1.93 bits per heavy atom. The van der Waals surface area contributed by atoms with E-state index in [-0.39, 0.29) is 5.41 Å². The fraction of sp³-hybridized carbons (Fsp3) is 0.119. The van der Waals surface area contributed by atoms with Gasteiger partial charge in [0, 0.05) is 28.3 Å². The quantitative estimate of drug-likeness (QED) is 0.206. The van der Waals surface area contributed by atoms with Crippen LogP contribution in [0.3, 0.4) is 0 Å². The Hall–Kier alpha value is -5.21. The van der Waals surface area contributed by atoms with Crippen molar-refractivity contribution in [3.8, 4) is 56.0 Å². The van der Waals surface area contributed by atoms with Crippen molar-refractivity contribution >= 4 is 11.0 Å². The Morgan fingerprint density at radius 1 is 0.523 bits per heavy atom. The highest BCUT2D eigenvalue weighted by atomic mass is 16.3. The van der Waals surface area contributed by atoms with E-state index in [0.717, 1.165) is 44.7 Å². The molecule has 44 heavy (non-hydrogen) atoms. The lowest BCUT2D eigenvalue weighted by Crippen LogP contribution is -2.11. The standard InChI is InChI=1S/C42H35NO/c1-28-12-11-17-32(24-28)35-20-18-34(38-27-31(22-23-43-38)29-13-7-5-8-14-29)26-36(35)33-19-21-39-37(25-33)40(42(2,3)4)41(44-39)30-15-9-6-10-16-30/h5-27H,1-4H3. The predicted octanol–water partition coefficient (Wildman–Crippen LogP) is 11.8. The Morgan fingerprint density at radius 2 is 1.20 bits per heavy atom. The van der Waals surface area contributed by atoms with Gasteiger partial charge in [0.2, 0.25) is 0 Å². The second-order valence-electron chi connectivity index (χ2n) is 12.6. The maximum Gasteiger partial charge on any atom is 0.139 e. The van der Waals surface area contributed by atoms with Crippen molar-refractivity contribution in [1.82, 2.24) is 4.98 Å². The molecule has 2 aromatic heterocycles. The van der Waals surface area contributed by atoms with Crippen LogP contribution < -0.4 is 0 Å². The molecule has 0 fully saturated rings. The molecule has 7 aromatic rings. The van der Waals surface area contributed by atoms with Crippen molar-refractivity contribution in [1.29, 1.82) is 0 Å². The van der Waals surface area contributed by atoms with Crippen LogP contribution in [-0.2, 0) is 5.41 Å². The highest BCUT2D eigenvalue weighted by molar-refractivity contribution is 5.95. The zero-order valence-corrected chi connectivity index (χ0v) is 25.6. The minimum Gasteiger partial charge on any atom is -0.456 e. The summed E-state index contributed by atoms with van der Waals surface area (Å²) in [6.45, 7) is 8.94. The SMILES string of the molecule is Cc1cccc(-c2ccc(-c3cc(-c4ccccc4)ccn3)cc2-c2ccc3oc(-c4ccccc4)c(C(C)(C)C)c3c2)c1. The molecule has 0 radical (unpaired) electrons. The molecule has 0 bridgehead atoms. The molecule has 0 saturated carbocycles. The molecular weight excluding hydrogens is 534 g/mol. The van der Waals surface area contributed by atoms with E-state index in [9.17, 15) is 0 Å². The van der Waals surface area contributed by atoms with Gasteiger partial charge in [-0.1, -0.05) is 129 Å². The molecule has 2 heterocycles. The zero-order chi connectivity index (χ0) is 30.3. The maximum absolute atomic E-state index is 6.57. The third kappa shape index (κ3) is 5.24. The van der Waals surface area contributed by atoms with Gasteiger partial charge in [0.1, 0.15) is 11.3 Å². The summed E-state index contributed by atoms with van der Waals surface area (Å²) in [5.74, 6) is 0.944. The highest BCUT2D eigenvalue weighted by Gasteiger charge is 2.26. The summed E-state index contributed by atoms with van der Waals surface area (Å²) in [4.78, 5) is 4.80. The summed E-state index contributed by atoms with van der Waals surface area (Å²) in [5.41, 5.74) is 13.5. The lowest BCUT2D eigenvalue weighted by atomic mass is 9.82. The van der Waals surface area contributed by atoms with Crippen molar-refractivity contribution in [3.05, 3.63) is 151 Å². The maximum atomic E-state index is 6.57. The molecule has 5 aromatic carbocycles. The summed E-state index contributed by atoms with van der Waals surface area (Å²) in [6, 6.07) is 47.3. The van der Waals surface area contributed by atoms with Crippen LogP contribution in [0.5, 0.6) is 0 Å². The van der Waals surface area contributed by atoms with E-state index in [2.05, 4.69) is 149 Å². The largest absolute Gasteiger partial charge is 0.456 e. The van der Waals surface area contributed by atoms with Crippen LogP contribution in [0.25, 0.3) is 66.9 Å². The van der Waals surface area contributed by atoms with Gasteiger partial charge in [-0.15, -0.1) is 0 Å². The summed E-state index contributed by atoms with van der Waals surface area (Å²) < 4.78 is 6.57. The molecule has 0 spiro atoms. The smallest absolute Gasteiger partial charge is 0.139 e. The van der Waals surface area contributed by atoms with Gasteiger partial charge in [-0.2, -0.15) is 0 Å². The van der Waals surface area contributed by atoms with E-state index in [1.54, 1.807) is 0 Å². The van der Waals surface area contributed by atoms with E-state index in [0.29, 0.717) is 0 Å². The number of pyridine rings is 1. The molecule has 0 unspecified atom stereocenters. The average molecular weight is 570 g/mol. The molecule has 2 heteroatoms. The molecule has 0 aliphatic heterocycles. The van der Waals surface area contributed by atoms with E-state index in [1.165, 1.54) is 33.4 Å². The van der Waals surface area contributed by atoms with Crippen molar-refractivity contribution in [2.24, 2.45) is 0 Å². The molecule has 0 aliphatic carbocycles. The average Bonchev–Trinajstić information content (AvgIpc) is 3.45. The summed E-state index contributed by atoms with van der Waals surface area (Å²) in [6.07, 6.45) is 1.91. The van der Waals surface area contributed by atoms with Gasteiger partial charge >= 0.3 is 0 Å². The number of nitrogens with zero attached hydrogens (tertiary/aromatic N) is 1. The molecule has 0 N–H and O–H groups in total. The second-order valence-corrected chi connectivity index (χ2v) is 12.6. The normalized spacial score (nSPS) is 11.6. The van der Waals surface area contributed by atoms with E-state index >= 15 is 0 Å². The predicted molar refractivity (Wildman–Crippen MR) is 185 cm³/mol. The number of furan rings is 1. The van der Waals surface area contributed by atoms with Crippen molar-refractivity contribution in [2.45, 2.75) is 33.1 Å². The van der Waals surface area contributed by atoms with Crippen LogP contribution in [0, 0.1) is 6.92 Å². The number of rotatable bonds is 5. The Bertz CT molecular complexity index is 2100. The molecule has 0 amide bonds. The fourth-order valence-electron chi connectivity index (χ4n) is 6.21. The van der Waals surface area contributed by atoms with Gasteiger partial charge in [-0.25, -0.2) is 0 Å². The first-order valence-corrected chi connectivity index (χ1v) is 15.2. The molecule has 7 rings (SSSR count). The highest BCUT2D eigenvalue weighted by Crippen LogP contribution is 2.44. The third-order valence-corrected chi connectivity index (χ3v) is 8.30. The molecule has 0 atom stereocenters. The van der Waals surface area contributed by atoms with Crippen LogP contribution in [0.4, 0.5) is 0 Å². The van der Waals surface area contributed by atoms with Gasteiger partial charge in [-0.3, -0.25) is 4.98 Å². The molecule has 0 aliphatic rings. The number of aromatic nitrogens is 1. The molecular formula is C42H35NO. The molecule has 2 nitrogen and oxygen atoms in total. The first kappa shape index (κ1) is 27.6. The number of benzene rings is 5. The van der Waals surface area contributed by atoms with Gasteiger partial charge in [0.05, 0.1) is 5.69 Å². The summed E-state index contributed by atoms with van der Waals surface area (Å²) in [5, 5.41) is 1.15. The summed E-state index contributed by atoms with van der Waals surface area (Å²) >= 11 is 0. The van der Waals surface area contributed by atoms with Crippen molar-refractivity contribution < 1.29 is 4.42 Å². The fourth-order valence-corrected chi connectivity index (χ4v) is 6.21. The molecule has 0 saturated heterocycles. The third-order valence-electron chi connectivity index (χ3n) is 8.30. The first-order chi connectivity index (χ1) is 21.3. The van der Waals surface area contributed by atoms with Gasteiger partial charge in [0.25, 0.3) is 0 Å². The zero-order valence-electron chi connectivity index (χ0n) is 25.6. The minimum absolute atomic E-state index is 0.113. The Balaban J connectivity index is 1.43. The lowest BCUT2D eigenvalue weighted by molar-refractivity contribution is 0.568.